The molecule has 1 aliphatic heterocycles. The monoisotopic (exact) mass is 134 g/mol. The number of aliphatic hydroxyl groups is 1. The summed E-state index contributed by atoms with van der Waals surface area (Å²) >= 11 is 1.48. The minimum Gasteiger partial charge on any atom is -0.357 e. The van der Waals surface area contributed by atoms with E-state index in [1.807, 2.05) is 6.92 Å². The number of thioether (sulfide) groups is 1. The van der Waals surface area contributed by atoms with Crippen molar-refractivity contribution in [3.63, 3.8) is 0 Å². The fourth-order valence-corrected chi connectivity index (χ4v) is 1.50. The first kappa shape index (κ1) is 6.39. The van der Waals surface area contributed by atoms with Crippen LogP contribution < -0.4 is 0 Å². The van der Waals surface area contributed by atoms with E-state index in [-0.39, 0.29) is 0 Å². The maximum atomic E-state index is 9.24. The van der Waals surface area contributed by atoms with Gasteiger partial charge in [0.15, 0.2) is 0 Å². The van der Waals surface area contributed by atoms with Gasteiger partial charge in [-0.25, -0.2) is 0 Å². The molecule has 1 N–H and O–H groups in total. The van der Waals surface area contributed by atoms with Crippen LogP contribution in [-0.2, 0) is 4.74 Å². The molecule has 1 rings (SSSR count). The molecule has 1 atom stereocenters. The lowest BCUT2D eigenvalue weighted by atomic mass is 10.5. The number of hydrogen-bond acceptors (Lipinski definition) is 3. The minimum absolute atomic E-state index is 0.678. The summed E-state index contributed by atoms with van der Waals surface area (Å²) in [6.07, 6.45) is 0.678. The number of ether oxygens (including phenoxy) is 1. The second kappa shape index (κ2) is 2.25. The zero-order valence-corrected chi connectivity index (χ0v) is 5.70. The summed E-state index contributed by atoms with van der Waals surface area (Å²) in [6, 6.07) is 0. The summed E-state index contributed by atoms with van der Waals surface area (Å²) in [6.45, 7) is 2.60. The highest BCUT2D eigenvalue weighted by Gasteiger charge is 2.30. The van der Waals surface area contributed by atoms with E-state index in [1.54, 1.807) is 0 Å². The van der Waals surface area contributed by atoms with E-state index in [0.717, 1.165) is 5.75 Å². The lowest BCUT2D eigenvalue weighted by molar-refractivity contribution is -0.115. The van der Waals surface area contributed by atoms with Gasteiger partial charge in [0.05, 0.1) is 6.61 Å². The van der Waals surface area contributed by atoms with Crippen LogP contribution in [0.3, 0.4) is 0 Å². The van der Waals surface area contributed by atoms with Crippen molar-refractivity contribution < 1.29 is 9.84 Å². The quantitative estimate of drug-likeness (QED) is 0.575. The smallest absolute Gasteiger partial charge is 0.215 e. The molecule has 1 aliphatic rings. The third-order valence-corrected chi connectivity index (χ3v) is 2.41. The minimum atomic E-state index is -0.847. The lowest BCUT2D eigenvalue weighted by Gasteiger charge is -2.16. The Kier molecular flexibility index (Phi) is 1.80. The van der Waals surface area contributed by atoms with E-state index in [0.29, 0.717) is 13.0 Å². The van der Waals surface area contributed by atoms with Gasteiger partial charge in [0, 0.05) is 12.2 Å². The standard InChI is InChI=1S/C5H10O2S/c1-2-5(6)7-3-4-8-5/h6H,2-4H2,1H3. The maximum Gasteiger partial charge on any atom is 0.215 e. The predicted molar refractivity (Wildman–Crippen MR) is 33.7 cm³/mol. The molecular formula is C5H10O2S. The Morgan fingerprint density at radius 3 is 2.88 bits per heavy atom. The zero-order chi connectivity index (χ0) is 6.04. The van der Waals surface area contributed by atoms with E-state index in [4.69, 9.17) is 4.74 Å². The van der Waals surface area contributed by atoms with Crippen molar-refractivity contribution in [3.05, 3.63) is 0 Å². The lowest BCUT2D eigenvalue weighted by Crippen LogP contribution is -2.21. The molecule has 1 unspecified atom stereocenters. The second-order valence-corrected chi connectivity index (χ2v) is 3.10. The van der Waals surface area contributed by atoms with Crippen molar-refractivity contribution in [1.82, 2.24) is 0 Å². The average molecular weight is 134 g/mol. The van der Waals surface area contributed by atoms with E-state index >= 15 is 0 Å². The first-order valence-electron chi connectivity index (χ1n) is 2.77. The Balaban J connectivity index is 2.40. The van der Waals surface area contributed by atoms with Gasteiger partial charge in [-0.3, -0.25) is 0 Å². The first-order chi connectivity index (χ1) is 3.77. The molecule has 1 heterocycles. The Morgan fingerprint density at radius 2 is 2.62 bits per heavy atom. The summed E-state index contributed by atoms with van der Waals surface area (Å²) < 4.78 is 5.01. The van der Waals surface area contributed by atoms with E-state index in [2.05, 4.69) is 0 Å². The van der Waals surface area contributed by atoms with Gasteiger partial charge in [0.1, 0.15) is 0 Å². The molecule has 2 nitrogen and oxygen atoms in total. The van der Waals surface area contributed by atoms with Gasteiger partial charge in [0.2, 0.25) is 5.12 Å². The molecule has 0 saturated carbocycles. The zero-order valence-electron chi connectivity index (χ0n) is 4.89. The van der Waals surface area contributed by atoms with Gasteiger partial charge < -0.3 is 9.84 Å². The van der Waals surface area contributed by atoms with E-state index < -0.39 is 5.12 Å². The van der Waals surface area contributed by atoms with E-state index in [1.165, 1.54) is 11.8 Å². The molecule has 0 aromatic rings. The second-order valence-electron chi connectivity index (χ2n) is 1.76. The molecular weight excluding hydrogens is 124 g/mol. The van der Waals surface area contributed by atoms with Crippen LogP contribution in [0.4, 0.5) is 0 Å². The SMILES string of the molecule is CCC1(O)OCCS1. The predicted octanol–water partition coefficient (Wildman–Crippen LogP) is 0.806. The van der Waals surface area contributed by atoms with Crippen LogP contribution in [0.15, 0.2) is 0 Å². The summed E-state index contributed by atoms with van der Waals surface area (Å²) in [5.74, 6) is 0.921. The topological polar surface area (TPSA) is 29.5 Å². The Hall–Kier alpha value is 0.270. The van der Waals surface area contributed by atoms with Crippen molar-refractivity contribution in [3.8, 4) is 0 Å². The van der Waals surface area contributed by atoms with Crippen LogP contribution in [0.5, 0.6) is 0 Å². The van der Waals surface area contributed by atoms with Crippen LogP contribution >= 0.6 is 11.8 Å². The van der Waals surface area contributed by atoms with Crippen molar-refractivity contribution in [2.45, 2.75) is 18.5 Å². The summed E-state index contributed by atoms with van der Waals surface area (Å²) in [4.78, 5) is 0. The Bertz CT molecular complexity index is 78.5. The molecule has 0 spiro atoms. The van der Waals surface area contributed by atoms with Crippen molar-refractivity contribution in [1.29, 1.82) is 0 Å². The van der Waals surface area contributed by atoms with Gasteiger partial charge in [-0.15, -0.1) is 0 Å². The van der Waals surface area contributed by atoms with Crippen LogP contribution in [0, 0.1) is 0 Å². The van der Waals surface area contributed by atoms with Crippen LogP contribution in [0.25, 0.3) is 0 Å². The summed E-state index contributed by atoms with van der Waals surface area (Å²) in [5, 5.41) is 8.39. The van der Waals surface area contributed by atoms with Crippen LogP contribution in [-0.4, -0.2) is 22.6 Å². The van der Waals surface area contributed by atoms with Crippen molar-refractivity contribution in [2.75, 3.05) is 12.4 Å². The molecule has 1 fully saturated rings. The molecule has 0 aromatic heterocycles. The fraction of sp³-hybridized carbons (Fsp3) is 1.00. The average Bonchev–Trinajstić information content (AvgIpc) is 2.17. The summed E-state index contributed by atoms with van der Waals surface area (Å²) in [7, 11) is 0. The Morgan fingerprint density at radius 1 is 1.88 bits per heavy atom. The van der Waals surface area contributed by atoms with Crippen LogP contribution in [0.2, 0.25) is 0 Å². The number of rotatable bonds is 1. The van der Waals surface area contributed by atoms with Gasteiger partial charge in [-0.05, 0) is 0 Å². The maximum absolute atomic E-state index is 9.24. The van der Waals surface area contributed by atoms with Crippen molar-refractivity contribution >= 4 is 11.8 Å². The normalized spacial score (nSPS) is 38.2. The largest absolute Gasteiger partial charge is 0.357 e. The van der Waals surface area contributed by atoms with Gasteiger partial charge in [0.25, 0.3) is 0 Å². The summed E-state index contributed by atoms with van der Waals surface area (Å²) in [5.41, 5.74) is 0. The molecule has 0 aliphatic carbocycles. The fourth-order valence-electron chi connectivity index (χ4n) is 0.648. The highest BCUT2D eigenvalue weighted by Crippen LogP contribution is 2.32. The molecule has 0 aromatic carbocycles. The van der Waals surface area contributed by atoms with Crippen LogP contribution in [0.1, 0.15) is 13.3 Å². The third kappa shape index (κ3) is 1.16. The molecule has 1 saturated heterocycles. The van der Waals surface area contributed by atoms with Crippen molar-refractivity contribution in [2.24, 2.45) is 0 Å². The highest BCUT2D eigenvalue weighted by molar-refractivity contribution is 8.00. The molecule has 0 bridgehead atoms. The molecule has 0 radical (unpaired) electrons. The van der Waals surface area contributed by atoms with Gasteiger partial charge in [-0.1, -0.05) is 18.7 Å². The Labute approximate surface area is 53.2 Å². The molecule has 0 amide bonds. The third-order valence-electron chi connectivity index (χ3n) is 1.19. The number of hydrogen-bond donors (Lipinski definition) is 1. The van der Waals surface area contributed by atoms with E-state index in [9.17, 15) is 5.11 Å². The van der Waals surface area contributed by atoms with Gasteiger partial charge >= 0.3 is 0 Å². The van der Waals surface area contributed by atoms with Gasteiger partial charge in [-0.2, -0.15) is 0 Å². The molecule has 48 valence electrons. The highest BCUT2D eigenvalue weighted by atomic mass is 32.2. The molecule has 3 heteroatoms. The molecule has 8 heavy (non-hydrogen) atoms. The first-order valence-corrected chi connectivity index (χ1v) is 3.76.